The summed E-state index contributed by atoms with van der Waals surface area (Å²) in [6.45, 7) is 6.94. The van der Waals surface area contributed by atoms with Crippen molar-refractivity contribution in [2.45, 2.75) is 90.0 Å². The van der Waals surface area contributed by atoms with Gasteiger partial charge in [-0.1, -0.05) is 58.7 Å². The molecule has 1 heterocycles. The highest BCUT2D eigenvalue weighted by Gasteiger charge is 2.47. The number of rotatable bonds is 12. The number of nitrogens with two attached hydrogens (primary N) is 1. The molecule has 48 heavy (non-hydrogen) atoms. The Labute approximate surface area is 274 Å². The Kier molecular flexibility index (Phi) is 10.8. The van der Waals surface area contributed by atoms with Crippen LogP contribution in [0.2, 0.25) is 0 Å². The maximum absolute atomic E-state index is 14.3. The van der Waals surface area contributed by atoms with Crippen LogP contribution in [-0.2, 0) is 44.6 Å². The summed E-state index contributed by atoms with van der Waals surface area (Å²) in [7, 11) is 0. The van der Waals surface area contributed by atoms with Gasteiger partial charge in [0.1, 0.15) is 29.3 Å². The number of hydrogen-bond donors (Lipinski definition) is 5. The second kappa shape index (κ2) is 14.3. The van der Waals surface area contributed by atoms with Crippen LogP contribution in [0.25, 0.3) is 10.9 Å². The van der Waals surface area contributed by atoms with Crippen LogP contribution < -0.4 is 21.7 Å². The van der Waals surface area contributed by atoms with E-state index in [0.29, 0.717) is 24.1 Å². The zero-order valence-electron chi connectivity index (χ0n) is 27.1. The van der Waals surface area contributed by atoms with E-state index < -0.39 is 82.5 Å². The van der Waals surface area contributed by atoms with Crippen molar-refractivity contribution in [3.63, 3.8) is 0 Å². The zero-order chi connectivity index (χ0) is 35.6. The maximum atomic E-state index is 14.3. The minimum atomic E-state index is -4.66. The van der Waals surface area contributed by atoms with Gasteiger partial charge in [0.2, 0.25) is 23.6 Å². The molecular weight excluding hydrogens is 637 g/mol. The van der Waals surface area contributed by atoms with Crippen LogP contribution in [0.1, 0.15) is 69.3 Å². The van der Waals surface area contributed by atoms with Gasteiger partial charge in [-0.25, -0.2) is 8.78 Å². The Morgan fingerprint density at radius 2 is 1.54 bits per heavy atom. The minimum Gasteiger partial charge on any atom is -0.368 e. The molecule has 14 heteroatoms. The monoisotopic (exact) mass is 677 g/mol. The molecule has 9 nitrogen and oxygen atoms in total. The van der Waals surface area contributed by atoms with E-state index in [1.54, 1.807) is 27.7 Å². The standard InChI is InChI=1S/C34H40F5N5O4/c1-5-17(3)27(30(40)46)43-32(48)33(14-13-25-21(16-33)19-9-7-10-22(29(19)41-25)34(37,38)39)44-31(47)28(18(4)6-2)42-26(45)15-20-23(35)11-8-12-24(20)36/h7-12,17-18,27-28,41H,5-6,13-16H2,1-4H3,(H2,40,46)(H,42,45)(H,43,48)(H,44,47)/t17?,18?,27-,28-,33+/m0/s1. The highest BCUT2D eigenvalue weighted by atomic mass is 19.4. The van der Waals surface area contributed by atoms with Crippen molar-refractivity contribution in [1.29, 1.82) is 0 Å². The molecule has 3 aromatic rings. The van der Waals surface area contributed by atoms with Crippen molar-refractivity contribution >= 4 is 34.5 Å². The number of benzene rings is 2. The Balaban J connectivity index is 1.73. The first kappa shape index (κ1) is 36.3. The van der Waals surface area contributed by atoms with Crippen LogP contribution in [0.15, 0.2) is 36.4 Å². The number of aromatic amines is 1. The van der Waals surface area contributed by atoms with Crippen molar-refractivity contribution in [3.05, 3.63) is 70.4 Å². The molecule has 2 unspecified atom stereocenters. The van der Waals surface area contributed by atoms with Crippen molar-refractivity contribution in [2.75, 3.05) is 0 Å². The van der Waals surface area contributed by atoms with E-state index in [2.05, 4.69) is 20.9 Å². The molecule has 6 N–H and O–H groups in total. The molecule has 1 aliphatic rings. The van der Waals surface area contributed by atoms with E-state index in [1.165, 1.54) is 12.1 Å². The first-order chi connectivity index (χ1) is 22.5. The van der Waals surface area contributed by atoms with E-state index in [-0.39, 0.29) is 36.1 Å². The molecule has 0 saturated heterocycles. The Bertz CT molecular complexity index is 1690. The Morgan fingerprint density at radius 3 is 2.12 bits per heavy atom. The summed E-state index contributed by atoms with van der Waals surface area (Å²) in [4.78, 5) is 56.5. The zero-order valence-corrected chi connectivity index (χ0v) is 27.1. The van der Waals surface area contributed by atoms with Gasteiger partial charge in [-0.05, 0) is 48.4 Å². The first-order valence-corrected chi connectivity index (χ1v) is 15.9. The third kappa shape index (κ3) is 7.47. The van der Waals surface area contributed by atoms with Gasteiger partial charge in [-0.3, -0.25) is 19.2 Å². The van der Waals surface area contributed by atoms with Gasteiger partial charge in [0.25, 0.3) is 0 Å². The second-order valence-corrected chi connectivity index (χ2v) is 12.6. The molecule has 0 spiro atoms. The summed E-state index contributed by atoms with van der Waals surface area (Å²) in [6, 6.07) is 4.49. The summed E-state index contributed by atoms with van der Waals surface area (Å²) in [5.41, 5.74) is 3.18. The van der Waals surface area contributed by atoms with Gasteiger partial charge in [0.15, 0.2) is 0 Å². The number of alkyl halides is 3. The molecule has 4 amide bonds. The lowest BCUT2D eigenvalue weighted by Crippen LogP contribution is -2.67. The van der Waals surface area contributed by atoms with Crippen LogP contribution in [0.3, 0.4) is 0 Å². The van der Waals surface area contributed by atoms with Gasteiger partial charge >= 0.3 is 6.18 Å². The molecule has 0 fully saturated rings. The van der Waals surface area contributed by atoms with E-state index in [0.717, 1.165) is 24.3 Å². The molecule has 0 bridgehead atoms. The number of H-pyrrole nitrogens is 1. The number of hydrogen-bond acceptors (Lipinski definition) is 4. The van der Waals surface area contributed by atoms with E-state index in [4.69, 9.17) is 5.73 Å². The van der Waals surface area contributed by atoms with Crippen LogP contribution in [0.4, 0.5) is 22.0 Å². The summed E-state index contributed by atoms with van der Waals surface area (Å²) in [6.07, 6.45) is -4.74. The predicted molar refractivity (Wildman–Crippen MR) is 168 cm³/mol. The number of aryl methyl sites for hydroxylation is 1. The summed E-state index contributed by atoms with van der Waals surface area (Å²) < 4.78 is 70.2. The topological polar surface area (TPSA) is 146 Å². The molecular formula is C34H40F5N5O4. The molecule has 260 valence electrons. The highest BCUT2D eigenvalue weighted by Crippen LogP contribution is 2.40. The third-order valence-corrected chi connectivity index (χ3v) is 9.43. The van der Waals surface area contributed by atoms with Gasteiger partial charge in [0, 0.05) is 23.1 Å². The first-order valence-electron chi connectivity index (χ1n) is 15.9. The fourth-order valence-electron chi connectivity index (χ4n) is 6.18. The molecule has 4 rings (SSSR count). The number of amides is 4. The smallest absolute Gasteiger partial charge is 0.368 e. The fourth-order valence-corrected chi connectivity index (χ4v) is 6.18. The quantitative estimate of drug-likeness (QED) is 0.179. The number of primary amides is 1. The Morgan fingerprint density at radius 1 is 0.938 bits per heavy atom. The highest BCUT2D eigenvalue weighted by molar-refractivity contribution is 5.98. The lowest BCUT2D eigenvalue weighted by Gasteiger charge is -2.39. The number of carbonyl (C=O) groups is 4. The number of halogens is 5. The number of fused-ring (bicyclic) bond motifs is 3. The largest absolute Gasteiger partial charge is 0.418 e. The molecule has 1 aromatic heterocycles. The molecule has 0 aliphatic heterocycles. The van der Waals surface area contributed by atoms with Crippen molar-refractivity contribution in [1.82, 2.24) is 20.9 Å². The second-order valence-electron chi connectivity index (χ2n) is 12.6. The number of nitrogens with one attached hydrogen (secondary N) is 4. The average molecular weight is 678 g/mol. The molecule has 5 atom stereocenters. The van der Waals surface area contributed by atoms with Crippen LogP contribution in [0, 0.1) is 23.5 Å². The van der Waals surface area contributed by atoms with Crippen molar-refractivity contribution in [2.24, 2.45) is 17.6 Å². The molecule has 2 aromatic carbocycles. The number of aromatic nitrogens is 1. The van der Waals surface area contributed by atoms with Crippen LogP contribution >= 0.6 is 0 Å². The van der Waals surface area contributed by atoms with Gasteiger partial charge in [-0.2, -0.15) is 13.2 Å². The van der Waals surface area contributed by atoms with Gasteiger partial charge < -0.3 is 26.7 Å². The summed E-state index contributed by atoms with van der Waals surface area (Å²) in [5.74, 6) is -5.96. The lowest BCUT2D eigenvalue weighted by atomic mass is 9.78. The molecule has 0 radical (unpaired) electrons. The lowest BCUT2D eigenvalue weighted by molar-refractivity contribution is -0.138. The molecule has 1 aliphatic carbocycles. The molecule has 0 saturated carbocycles. The van der Waals surface area contributed by atoms with Crippen molar-refractivity contribution in [3.8, 4) is 0 Å². The summed E-state index contributed by atoms with van der Waals surface area (Å²) >= 11 is 0. The van der Waals surface area contributed by atoms with E-state index in [9.17, 15) is 41.1 Å². The Hall–Kier alpha value is -4.49. The van der Waals surface area contributed by atoms with E-state index in [1.807, 2.05) is 0 Å². The third-order valence-electron chi connectivity index (χ3n) is 9.43. The van der Waals surface area contributed by atoms with E-state index >= 15 is 0 Å². The maximum Gasteiger partial charge on any atom is 0.418 e. The predicted octanol–water partition coefficient (Wildman–Crippen LogP) is 4.60. The van der Waals surface area contributed by atoms with Crippen LogP contribution in [-0.4, -0.2) is 46.2 Å². The van der Waals surface area contributed by atoms with Crippen molar-refractivity contribution < 1.29 is 41.1 Å². The number of carbonyl (C=O) groups excluding carboxylic acids is 4. The SMILES string of the molecule is CCC(C)[C@H](NC(=O)[C@@]1(NC(=O)[C@@H](NC(=O)Cc2c(F)cccc2F)C(C)CC)CCc2[nH]c3c(C(F)(F)F)cccc3c2C1)C(N)=O. The number of para-hydroxylation sites is 1. The average Bonchev–Trinajstić information content (AvgIpc) is 3.40. The van der Waals surface area contributed by atoms with Crippen LogP contribution in [0.5, 0.6) is 0 Å². The van der Waals surface area contributed by atoms with Gasteiger partial charge in [-0.15, -0.1) is 0 Å². The summed E-state index contributed by atoms with van der Waals surface area (Å²) in [5, 5.41) is 8.22. The van der Waals surface area contributed by atoms with Gasteiger partial charge in [0.05, 0.1) is 17.5 Å². The minimum absolute atomic E-state index is 0.0620. The fraction of sp³-hybridized carbons (Fsp3) is 0.471. The normalized spacial score (nSPS) is 18.7.